The molecule has 1 aliphatic rings. The Bertz CT molecular complexity index is 1240. The molecule has 5 nitrogen and oxygen atoms in total. The van der Waals surface area contributed by atoms with Gasteiger partial charge in [-0.2, -0.15) is 0 Å². The van der Waals surface area contributed by atoms with E-state index in [-0.39, 0.29) is 17.2 Å². The third-order valence-electron chi connectivity index (χ3n) is 4.58. The van der Waals surface area contributed by atoms with Crippen molar-refractivity contribution in [2.24, 2.45) is 4.99 Å². The van der Waals surface area contributed by atoms with Crippen LogP contribution in [0.25, 0.3) is 6.08 Å². The number of methoxy groups -OCH3 is 1. The standard InChI is InChI=1S/C24H16ClFINO4/c1-30-21-12-15(10-19(27)22(21)31-13-14-6-8-16(25)9-7-14)11-20-24(29)32-23(28-20)17-4-2-3-5-18(17)26/h2-12H,13H2,1H3/b20-11-. The first kappa shape index (κ1) is 22.3. The summed E-state index contributed by atoms with van der Waals surface area (Å²) in [5, 5.41) is 0.657. The van der Waals surface area contributed by atoms with E-state index in [1.54, 1.807) is 36.4 Å². The fourth-order valence-corrected chi connectivity index (χ4v) is 3.92. The van der Waals surface area contributed by atoms with Crippen molar-refractivity contribution in [1.82, 2.24) is 0 Å². The van der Waals surface area contributed by atoms with Gasteiger partial charge in [0.05, 0.1) is 16.2 Å². The zero-order valence-electron chi connectivity index (χ0n) is 16.8. The molecule has 0 radical (unpaired) electrons. The molecule has 3 aromatic carbocycles. The highest BCUT2D eigenvalue weighted by Gasteiger charge is 2.26. The summed E-state index contributed by atoms with van der Waals surface area (Å²) >= 11 is 8.06. The Morgan fingerprint density at radius 2 is 1.91 bits per heavy atom. The number of halogens is 3. The molecule has 0 bridgehead atoms. The van der Waals surface area contributed by atoms with E-state index in [0.29, 0.717) is 28.7 Å². The lowest BCUT2D eigenvalue weighted by Gasteiger charge is -2.14. The minimum absolute atomic E-state index is 0.0657. The van der Waals surface area contributed by atoms with E-state index in [0.717, 1.165) is 9.13 Å². The first-order valence-corrected chi connectivity index (χ1v) is 10.9. The van der Waals surface area contributed by atoms with Crippen LogP contribution in [-0.4, -0.2) is 19.0 Å². The average molecular weight is 564 g/mol. The van der Waals surface area contributed by atoms with Gasteiger partial charge in [-0.25, -0.2) is 14.2 Å². The van der Waals surface area contributed by atoms with Gasteiger partial charge in [0.1, 0.15) is 12.4 Å². The second-order valence-corrected chi connectivity index (χ2v) is 8.36. The molecule has 162 valence electrons. The highest BCUT2D eigenvalue weighted by atomic mass is 127. The van der Waals surface area contributed by atoms with Crippen molar-refractivity contribution in [3.05, 3.63) is 97.5 Å². The average Bonchev–Trinajstić information content (AvgIpc) is 3.14. The number of ether oxygens (including phenoxy) is 3. The maximum absolute atomic E-state index is 14.0. The molecule has 0 unspecified atom stereocenters. The number of rotatable bonds is 6. The van der Waals surface area contributed by atoms with Crippen molar-refractivity contribution < 1.29 is 23.4 Å². The molecule has 1 heterocycles. The van der Waals surface area contributed by atoms with Crippen molar-refractivity contribution in [3.63, 3.8) is 0 Å². The maximum Gasteiger partial charge on any atom is 0.363 e. The van der Waals surface area contributed by atoms with Gasteiger partial charge in [-0.15, -0.1) is 0 Å². The van der Waals surface area contributed by atoms with E-state index < -0.39 is 11.8 Å². The van der Waals surface area contributed by atoms with Gasteiger partial charge in [-0.1, -0.05) is 35.9 Å². The molecule has 32 heavy (non-hydrogen) atoms. The van der Waals surface area contributed by atoms with Crippen molar-refractivity contribution >= 4 is 52.1 Å². The van der Waals surface area contributed by atoms with E-state index >= 15 is 0 Å². The number of esters is 1. The lowest BCUT2D eigenvalue weighted by atomic mass is 10.1. The zero-order valence-corrected chi connectivity index (χ0v) is 19.7. The number of aliphatic imine (C=N–C) groups is 1. The van der Waals surface area contributed by atoms with E-state index in [4.69, 9.17) is 25.8 Å². The van der Waals surface area contributed by atoms with Crippen LogP contribution in [0.4, 0.5) is 4.39 Å². The molecular formula is C24H16ClFINO4. The van der Waals surface area contributed by atoms with Crippen LogP contribution in [0, 0.1) is 9.39 Å². The Morgan fingerprint density at radius 3 is 2.62 bits per heavy atom. The van der Waals surface area contributed by atoms with E-state index in [1.807, 2.05) is 18.2 Å². The summed E-state index contributed by atoms with van der Waals surface area (Å²) in [7, 11) is 1.54. The fraction of sp³-hybridized carbons (Fsp3) is 0.0833. The van der Waals surface area contributed by atoms with E-state index in [2.05, 4.69) is 27.6 Å². The Balaban J connectivity index is 1.59. The molecule has 0 aromatic heterocycles. The van der Waals surface area contributed by atoms with Crippen LogP contribution in [0.1, 0.15) is 16.7 Å². The van der Waals surface area contributed by atoms with Gasteiger partial charge in [0.2, 0.25) is 5.90 Å². The molecule has 1 aliphatic heterocycles. The van der Waals surface area contributed by atoms with Crippen molar-refractivity contribution in [2.75, 3.05) is 7.11 Å². The molecule has 4 rings (SSSR count). The van der Waals surface area contributed by atoms with Gasteiger partial charge in [0.15, 0.2) is 17.2 Å². The second kappa shape index (κ2) is 9.70. The highest BCUT2D eigenvalue weighted by molar-refractivity contribution is 14.1. The molecule has 0 amide bonds. The quantitative estimate of drug-likeness (QED) is 0.209. The fourth-order valence-electron chi connectivity index (χ4n) is 3.02. The van der Waals surface area contributed by atoms with Crippen LogP contribution in [0.3, 0.4) is 0 Å². The topological polar surface area (TPSA) is 57.1 Å². The van der Waals surface area contributed by atoms with Gasteiger partial charge in [0, 0.05) is 5.02 Å². The number of hydrogen-bond acceptors (Lipinski definition) is 5. The molecule has 0 saturated carbocycles. The third kappa shape index (κ3) is 4.94. The molecule has 0 aliphatic carbocycles. The van der Waals surface area contributed by atoms with Gasteiger partial charge in [-0.05, 0) is 76.2 Å². The summed E-state index contributed by atoms with van der Waals surface area (Å²) in [6, 6.07) is 16.9. The normalized spacial score (nSPS) is 14.3. The molecule has 0 atom stereocenters. The Morgan fingerprint density at radius 1 is 1.16 bits per heavy atom. The number of hydrogen-bond donors (Lipinski definition) is 0. The SMILES string of the molecule is COc1cc(/C=C2\N=C(c3ccccc3F)OC2=O)cc(I)c1OCc1ccc(Cl)cc1. The van der Waals surface area contributed by atoms with Crippen LogP contribution in [0.2, 0.25) is 5.02 Å². The Hall–Kier alpha value is -2.91. The van der Waals surface area contributed by atoms with Crippen molar-refractivity contribution in [3.8, 4) is 11.5 Å². The monoisotopic (exact) mass is 563 g/mol. The van der Waals surface area contributed by atoms with Gasteiger partial charge in [0.25, 0.3) is 0 Å². The minimum atomic E-state index is -0.653. The van der Waals surface area contributed by atoms with Crippen LogP contribution < -0.4 is 9.47 Å². The summed E-state index contributed by atoms with van der Waals surface area (Å²) in [4.78, 5) is 16.4. The first-order chi connectivity index (χ1) is 15.4. The third-order valence-corrected chi connectivity index (χ3v) is 5.63. The van der Waals surface area contributed by atoms with Gasteiger partial charge in [-0.3, -0.25) is 0 Å². The van der Waals surface area contributed by atoms with Crippen LogP contribution in [0.5, 0.6) is 11.5 Å². The second-order valence-electron chi connectivity index (χ2n) is 6.77. The number of carbonyl (C=O) groups is 1. The largest absolute Gasteiger partial charge is 0.493 e. The highest BCUT2D eigenvalue weighted by Crippen LogP contribution is 2.35. The molecule has 8 heteroatoms. The molecule has 3 aromatic rings. The lowest BCUT2D eigenvalue weighted by molar-refractivity contribution is -0.129. The van der Waals surface area contributed by atoms with E-state index in [1.165, 1.54) is 19.2 Å². The van der Waals surface area contributed by atoms with Crippen LogP contribution >= 0.6 is 34.2 Å². The van der Waals surface area contributed by atoms with Gasteiger partial charge >= 0.3 is 5.97 Å². The van der Waals surface area contributed by atoms with Crippen molar-refractivity contribution in [1.29, 1.82) is 0 Å². The molecule has 0 saturated heterocycles. The summed E-state index contributed by atoms with van der Waals surface area (Å²) in [5.41, 5.74) is 1.82. The zero-order chi connectivity index (χ0) is 22.7. The van der Waals surface area contributed by atoms with Crippen molar-refractivity contribution in [2.45, 2.75) is 6.61 Å². The van der Waals surface area contributed by atoms with Crippen LogP contribution in [-0.2, 0) is 16.1 Å². The number of nitrogens with zero attached hydrogens (tertiary/aromatic N) is 1. The molecular weight excluding hydrogens is 548 g/mol. The predicted octanol–water partition coefficient (Wildman–Crippen LogP) is 6.02. The summed E-state index contributed by atoms with van der Waals surface area (Å²) in [6.45, 7) is 0.340. The Kier molecular flexibility index (Phi) is 6.76. The van der Waals surface area contributed by atoms with E-state index in [9.17, 15) is 9.18 Å². The smallest absolute Gasteiger partial charge is 0.363 e. The maximum atomic E-state index is 14.0. The summed E-state index contributed by atoms with van der Waals surface area (Å²) < 4.78 is 31.4. The molecule has 0 fully saturated rings. The lowest BCUT2D eigenvalue weighted by Crippen LogP contribution is -2.07. The van der Waals surface area contributed by atoms with Gasteiger partial charge < -0.3 is 14.2 Å². The summed E-state index contributed by atoms with van der Waals surface area (Å²) in [5.74, 6) is -0.153. The molecule has 0 spiro atoms. The Labute approximate surface area is 202 Å². The minimum Gasteiger partial charge on any atom is -0.493 e. The summed E-state index contributed by atoms with van der Waals surface area (Å²) in [6.07, 6.45) is 1.56. The molecule has 0 N–H and O–H groups in total. The predicted molar refractivity (Wildman–Crippen MR) is 129 cm³/mol. The first-order valence-electron chi connectivity index (χ1n) is 9.47. The number of carbonyl (C=O) groups excluding carboxylic acids is 1. The van der Waals surface area contributed by atoms with Crippen LogP contribution in [0.15, 0.2) is 71.4 Å². The number of benzene rings is 3. The number of cyclic esters (lactones) is 1.